The molecule has 1 amide bonds. The Kier molecular flexibility index (Phi) is 6.73. The zero-order valence-corrected chi connectivity index (χ0v) is 15.5. The van der Waals surface area contributed by atoms with E-state index in [1.165, 1.54) is 5.56 Å². The maximum absolute atomic E-state index is 12.5. The average Bonchev–Trinajstić information content (AvgIpc) is 2.54. The Hall–Kier alpha value is -1.94. The van der Waals surface area contributed by atoms with E-state index < -0.39 is 0 Å². The number of carbonyl (C=O) groups excluding carboxylic acids is 1. The molecule has 2 aromatic rings. The van der Waals surface area contributed by atoms with Crippen LogP contribution in [0.1, 0.15) is 36.7 Å². The Morgan fingerprint density at radius 1 is 1.08 bits per heavy atom. The van der Waals surface area contributed by atoms with Crippen molar-refractivity contribution in [1.29, 1.82) is 0 Å². The van der Waals surface area contributed by atoms with Gasteiger partial charge in [0.1, 0.15) is 12.4 Å². The standard InChI is InChI=1S/C20H25NO2S/c1-14(2)24-19-8-6-5-7-18(19)20(22)21-16(4)13-23-17-11-9-15(3)10-12-17/h5-12,14,16H,13H2,1-4H3,(H,21,22)/t16-/m0/s1. The molecule has 0 unspecified atom stereocenters. The quantitative estimate of drug-likeness (QED) is 0.741. The third-order valence-corrected chi connectivity index (χ3v) is 4.47. The van der Waals surface area contributed by atoms with Crippen LogP contribution in [0.25, 0.3) is 0 Å². The van der Waals surface area contributed by atoms with Crippen molar-refractivity contribution >= 4 is 17.7 Å². The molecule has 0 saturated heterocycles. The van der Waals surface area contributed by atoms with Crippen LogP contribution >= 0.6 is 11.8 Å². The summed E-state index contributed by atoms with van der Waals surface area (Å²) in [7, 11) is 0. The lowest BCUT2D eigenvalue weighted by Crippen LogP contribution is -2.37. The van der Waals surface area contributed by atoms with Gasteiger partial charge in [-0.05, 0) is 38.1 Å². The summed E-state index contributed by atoms with van der Waals surface area (Å²) in [4.78, 5) is 13.5. The van der Waals surface area contributed by atoms with E-state index in [4.69, 9.17) is 4.74 Å². The van der Waals surface area contributed by atoms with E-state index in [0.717, 1.165) is 16.2 Å². The summed E-state index contributed by atoms with van der Waals surface area (Å²) >= 11 is 1.70. The van der Waals surface area contributed by atoms with Gasteiger partial charge in [-0.1, -0.05) is 43.7 Å². The highest BCUT2D eigenvalue weighted by Crippen LogP contribution is 2.26. The average molecular weight is 343 g/mol. The van der Waals surface area contributed by atoms with Crippen LogP contribution in [0.2, 0.25) is 0 Å². The number of thioether (sulfide) groups is 1. The number of nitrogens with one attached hydrogen (secondary N) is 1. The molecule has 0 saturated carbocycles. The summed E-state index contributed by atoms with van der Waals surface area (Å²) < 4.78 is 5.73. The van der Waals surface area contributed by atoms with Crippen molar-refractivity contribution < 1.29 is 9.53 Å². The Morgan fingerprint density at radius 2 is 1.75 bits per heavy atom. The molecule has 0 heterocycles. The molecule has 3 nitrogen and oxygen atoms in total. The van der Waals surface area contributed by atoms with E-state index in [9.17, 15) is 4.79 Å². The fourth-order valence-corrected chi connectivity index (χ4v) is 3.16. The molecule has 2 rings (SSSR count). The molecule has 0 aliphatic rings. The normalized spacial score (nSPS) is 12.0. The molecule has 0 aliphatic heterocycles. The minimum Gasteiger partial charge on any atom is -0.491 e. The second-order valence-corrected chi connectivity index (χ2v) is 7.78. The van der Waals surface area contributed by atoms with E-state index in [1.807, 2.05) is 62.4 Å². The van der Waals surface area contributed by atoms with Gasteiger partial charge in [-0.25, -0.2) is 0 Å². The largest absolute Gasteiger partial charge is 0.491 e. The molecule has 1 atom stereocenters. The lowest BCUT2D eigenvalue weighted by Gasteiger charge is -2.17. The molecule has 4 heteroatoms. The van der Waals surface area contributed by atoms with E-state index in [-0.39, 0.29) is 11.9 Å². The summed E-state index contributed by atoms with van der Waals surface area (Å²) in [6.07, 6.45) is 0. The van der Waals surface area contributed by atoms with E-state index in [0.29, 0.717) is 11.9 Å². The molecule has 1 N–H and O–H groups in total. The van der Waals surface area contributed by atoms with E-state index in [1.54, 1.807) is 11.8 Å². The van der Waals surface area contributed by atoms with Crippen LogP contribution in [0.5, 0.6) is 5.75 Å². The molecule has 2 aromatic carbocycles. The number of aryl methyl sites for hydroxylation is 1. The Bertz CT molecular complexity index is 668. The van der Waals surface area contributed by atoms with Crippen molar-refractivity contribution in [2.75, 3.05) is 6.61 Å². The predicted molar refractivity (Wildman–Crippen MR) is 101 cm³/mol. The van der Waals surface area contributed by atoms with Crippen LogP contribution in [0, 0.1) is 6.92 Å². The van der Waals surface area contributed by atoms with Gasteiger partial charge in [0.15, 0.2) is 0 Å². The van der Waals surface area contributed by atoms with Gasteiger partial charge < -0.3 is 10.1 Å². The fraction of sp³-hybridized carbons (Fsp3) is 0.350. The molecule has 0 fully saturated rings. The zero-order valence-electron chi connectivity index (χ0n) is 14.7. The summed E-state index contributed by atoms with van der Waals surface area (Å²) in [5.41, 5.74) is 1.92. The first kappa shape index (κ1) is 18.4. The molecule has 24 heavy (non-hydrogen) atoms. The molecule has 0 aliphatic carbocycles. The second kappa shape index (κ2) is 8.78. The zero-order chi connectivity index (χ0) is 17.5. The van der Waals surface area contributed by atoms with Crippen LogP contribution in [-0.4, -0.2) is 23.8 Å². The van der Waals surface area contributed by atoms with Crippen molar-refractivity contribution in [2.24, 2.45) is 0 Å². The first-order chi connectivity index (χ1) is 11.5. The number of rotatable bonds is 7. The first-order valence-corrected chi connectivity index (χ1v) is 9.09. The van der Waals surface area contributed by atoms with Crippen molar-refractivity contribution in [3.8, 4) is 5.75 Å². The predicted octanol–water partition coefficient (Wildman–Crippen LogP) is 4.69. The SMILES string of the molecule is Cc1ccc(OC[C@H](C)NC(=O)c2ccccc2SC(C)C)cc1. The molecule has 0 spiro atoms. The second-order valence-electron chi connectivity index (χ2n) is 6.16. The summed E-state index contributed by atoms with van der Waals surface area (Å²) in [5.74, 6) is 0.760. The molecular weight excluding hydrogens is 318 g/mol. The topological polar surface area (TPSA) is 38.3 Å². The van der Waals surface area contributed by atoms with Gasteiger partial charge in [0.05, 0.1) is 11.6 Å². The number of hydrogen-bond donors (Lipinski definition) is 1. The molecule has 0 radical (unpaired) electrons. The molecule has 128 valence electrons. The third-order valence-electron chi connectivity index (χ3n) is 3.39. The van der Waals surface area contributed by atoms with Gasteiger partial charge in [0, 0.05) is 10.1 Å². The van der Waals surface area contributed by atoms with Crippen LogP contribution in [0.15, 0.2) is 53.4 Å². The highest BCUT2D eigenvalue weighted by atomic mass is 32.2. The van der Waals surface area contributed by atoms with Crippen LogP contribution in [0.3, 0.4) is 0 Å². The summed E-state index contributed by atoms with van der Waals surface area (Å²) in [6.45, 7) is 8.67. The Balaban J connectivity index is 1.93. The fourth-order valence-electron chi connectivity index (χ4n) is 2.21. The highest BCUT2D eigenvalue weighted by molar-refractivity contribution is 8.00. The number of ether oxygens (including phenoxy) is 1. The monoisotopic (exact) mass is 343 g/mol. The number of hydrogen-bond acceptors (Lipinski definition) is 3. The minimum absolute atomic E-state index is 0.0567. The van der Waals surface area contributed by atoms with Crippen LogP contribution in [-0.2, 0) is 0 Å². The van der Waals surface area contributed by atoms with Gasteiger partial charge in [-0.15, -0.1) is 11.8 Å². The Morgan fingerprint density at radius 3 is 2.42 bits per heavy atom. The smallest absolute Gasteiger partial charge is 0.252 e. The van der Waals surface area contributed by atoms with Gasteiger partial charge in [-0.3, -0.25) is 4.79 Å². The van der Waals surface area contributed by atoms with Gasteiger partial charge in [-0.2, -0.15) is 0 Å². The molecule has 0 bridgehead atoms. The third kappa shape index (κ3) is 5.60. The van der Waals surface area contributed by atoms with Crippen molar-refractivity contribution in [1.82, 2.24) is 5.32 Å². The first-order valence-electron chi connectivity index (χ1n) is 8.21. The highest BCUT2D eigenvalue weighted by Gasteiger charge is 2.15. The van der Waals surface area contributed by atoms with Crippen LogP contribution < -0.4 is 10.1 Å². The molecular formula is C20H25NO2S. The maximum Gasteiger partial charge on any atom is 0.252 e. The Labute approximate surface area is 148 Å². The van der Waals surface area contributed by atoms with E-state index >= 15 is 0 Å². The van der Waals surface area contributed by atoms with Crippen LogP contribution in [0.4, 0.5) is 0 Å². The number of carbonyl (C=O) groups is 1. The lowest BCUT2D eigenvalue weighted by molar-refractivity contribution is 0.0923. The van der Waals surface area contributed by atoms with Crippen molar-refractivity contribution in [2.45, 2.75) is 43.9 Å². The summed E-state index contributed by atoms with van der Waals surface area (Å²) in [6, 6.07) is 15.6. The maximum atomic E-state index is 12.5. The minimum atomic E-state index is -0.0732. The van der Waals surface area contributed by atoms with Crippen molar-refractivity contribution in [3.05, 3.63) is 59.7 Å². The lowest BCUT2D eigenvalue weighted by atomic mass is 10.2. The summed E-state index contributed by atoms with van der Waals surface area (Å²) in [5, 5.41) is 3.45. The number of benzene rings is 2. The molecule has 0 aromatic heterocycles. The van der Waals surface area contributed by atoms with Crippen molar-refractivity contribution in [3.63, 3.8) is 0 Å². The van der Waals surface area contributed by atoms with E-state index in [2.05, 4.69) is 19.2 Å². The van der Waals surface area contributed by atoms with Gasteiger partial charge >= 0.3 is 0 Å². The van der Waals surface area contributed by atoms with Gasteiger partial charge in [0.2, 0.25) is 0 Å². The number of amides is 1. The van der Waals surface area contributed by atoms with Gasteiger partial charge in [0.25, 0.3) is 5.91 Å².